The molecule has 0 saturated carbocycles. The van der Waals surface area contributed by atoms with Crippen molar-refractivity contribution in [2.45, 2.75) is 31.9 Å². The van der Waals surface area contributed by atoms with Crippen LogP contribution in [0.5, 0.6) is 5.75 Å². The zero-order chi connectivity index (χ0) is 26.4. The summed E-state index contributed by atoms with van der Waals surface area (Å²) in [5.41, 5.74) is 4.84. The molecule has 3 aromatic carbocycles. The molecule has 1 saturated heterocycles. The third-order valence-electron chi connectivity index (χ3n) is 5.78. The number of amides is 1. The van der Waals surface area contributed by atoms with Gasteiger partial charge in [-0.05, 0) is 93.5 Å². The van der Waals surface area contributed by atoms with Crippen LogP contribution in [0.2, 0.25) is 0 Å². The average Bonchev–Trinajstić information content (AvgIpc) is 3.22. The molecule has 4 rings (SSSR count). The van der Waals surface area contributed by atoms with Gasteiger partial charge < -0.3 is 20.5 Å². The van der Waals surface area contributed by atoms with E-state index >= 15 is 0 Å². The lowest BCUT2D eigenvalue weighted by molar-refractivity contribution is -0.116. The van der Waals surface area contributed by atoms with Gasteiger partial charge >= 0.3 is 5.97 Å². The molecule has 1 fully saturated rings. The monoisotopic (exact) mass is 578 g/mol. The van der Waals surface area contributed by atoms with Crippen molar-refractivity contribution in [3.63, 3.8) is 0 Å². The van der Waals surface area contributed by atoms with Crippen molar-refractivity contribution in [1.82, 2.24) is 5.32 Å². The van der Waals surface area contributed by atoms with Crippen molar-refractivity contribution in [3.05, 3.63) is 111 Å². The van der Waals surface area contributed by atoms with Gasteiger partial charge in [0.05, 0.1) is 14.9 Å². The number of hydrogen-bond acceptors (Lipinski definition) is 5. The first-order valence-corrected chi connectivity index (χ1v) is 13.5. The van der Waals surface area contributed by atoms with Gasteiger partial charge in [0.2, 0.25) is 0 Å². The summed E-state index contributed by atoms with van der Waals surface area (Å²) >= 11 is 5.06. The Balaban J connectivity index is 1.48. The van der Waals surface area contributed by atoms with Crippen molar-refractivity contribution < 1.29 is 19.4 Å². The zero-order valence-corrected chi connectivity index (χ0v) is 22.7. The first-order valence-electron chi connectivity index (χ1n) is 11.8. The summed E-state index contributed by atoms with van der Waals surface area (Å²) < 4.78 is 6.85. The molecule has 1 heterocycles. The molecule has 1 amide bonds. The highest BCUT2D eigenvalue weighted by Crippen LogP contribution is 2.35. The van der Waals surface area contributed by atoms with Crippen LogP contribution in [0.15, 0.2) is 82.7 Å². The molecule has 37 heavy (non-hydrogen) atoms. The highest BCUT2D eigenvalue weighted by atomic mass is 79.9. The number of rotatable bonds is 10. The number of halogens is 1. The number of hydrogen-bond donors (Lipinski definition) is 3. The topological polar surface area (TPSA) is 87.7 Å². The van der Waals surface area contributed by atoms with Crippen molar-refractivity contribution in [3.8, 4) is 5.75 Å². The van der Waals surface area contributed by atoms with Crippen LogP contribution < -0.4 is 15.4 Å². The van der Waals surface area contributed by atoms with Gasteiger partial charge in [0.1, 0.15) is 12.4 Å². The number of benzene rings is 3. The fourth-order valence-corrected chi connectivity index (χ4v) is 5.45. The van der Waals surface area contributed by atoms with Gasteiger partial charge in [-0.2, -0.15) is 0 Å². The minimum Gasteiger partial charge on any atom is -0.487 e. The van der Waals surface area contributed by atoms with E-state index in [0.717, 1.165) is 33.3 Å². The molecular weight excluding hydrogens is 552 g/mol. The lowest BCUT2D eigenvalue weighted by Gasteiger charge is -2.14. The van der Waals surface area contributed by atoms with Gasteiger partial charge in [-0.25, -0.2) is 4.79 Å². The van der Waals surface area contributed by atoms with Crippen LogP contribution in [0.4, 0.5) is 5.69 Å². The Kier molecular flexibility index (Phi) is 8.74. The quantitative estimate of drug-likeness (QED) is 0.185. The second kappa shape index (κ2) is 12.2. The Hall–Kier alpha value is -3.49. The van der Waals surface area contributed by atoms with E-state index in [0.29, 0.717) is 17.1 Å². The molecular formula is C29H27BrN2O4S. The molecule has 1 aliphatic heterocycles. The van der Waals surface area contributed by atoms with E-state index in [2.05, 4.69) is 52.2 Å². The molecule has 3 aromatic rings. The van der Waals surface area contributed by atoms with E-state index < -0.39 is 5.97 Å². The summed E-state index contributed by atoms with van der Waals surface area (Å²) in [6, 6.07) is 18.7. The maximum absolute atomic E-state index is 12.6. The molecule has 0 aliphatic carbocycles. The predicted octanol–water partition coefficient (Wildman–Crippen LogP) is 6.62. The fraction of sp³-hybridized carbons (Fsp3) is 0.172. The van der Waals surface area contributed by atoms with E-state index in [4.69, 9.17) is 9.84 Å². The lowest BCUT2D eigenvalue weighted by Crippen LogP contribution is -2.30. The normalized spacial score (nSPS) is 15.9. The molecule has 0 aromatic heterocycles. The predicted molar refractivity (Wildman–Crippen MR) is 153 cm³/mol. The maximum Gasteiger partial charge on any atom is 0.335 e. The van der Waals surface area contributed by atoms with Crippen LogP contribution >= 0.6 is 27.7 Å². The smallest absolute Gasteiger partial charge is 0.335 e. The Morgan fingerprint density at radius 2 is 1.86 bits per heavy atom. The molecule has 6 nitrogen and oxygen atoms in total. The van der Waals surface area contributed by atoms with Gasteiger partial charge in [0.15, 0.2) is 5.50 Å². The minimum atomic E-state index is -0.963. The molecule has 1 aliphatic rings. The van der Waals surface area contributed by atoms with Crippen LogP contribution in [0.1, 0.15) is 39.5 Å². The first kappa shape index (κ1) is 26.6. The van der Waals surface area contributed by atoms with Crippen LogP contribution in [-0.4, -0.2) is 22.5 Å². The van der Waals surface area contributed by atoms with Gasteiger partial charge in [0.25, 0.3) is 5.91 Å². The molecule has 0 bridgehead atoms. The molecule has 0 unspecified atom stereocenters. The Labute approximate surface area is 228 Å². The average molecular weight is 580 g/mol. The summed E-state index contributed by atoms with van der Waals surface area (Å²) in [4.78, 5) is 24.3. The summed E-state index contributed by atoms with van der Waals surface area (Å²) in [5, 5.41) is 15.4. The lowest BCUT2D eigenvalue weighted by atomic mass is 10.1. The Bertz CT molecular complexity index is 1340. The van der Waals surface area contributed by atoms with E-state index in [1.54, 1.807) is 30.3 Å². The van der Waals surface area contributed by atoms with E-state index in [-0.39, 0.29) is 23.6 Å². The summed E-state index contributed by atoms with van der Waals surface area (Å²) in [7, 11) is 0. The molecule has 190 valence electrons. The van der Waals surface area contributed by atoms with Crippen molar-refractivity contribution in [2.75, 3.05) is 5.32 Å². The molecule has 0 radical (unpaired) electrons. The number of anilines is 1. The number of nitrogens with one attached hydrogen (secondary N) is 2. The molecule has 1 atom stereocenters. The maximum atomic E-state index is 12.6. The minimum absolute atomic E-state index is 0.126. The van der Waals surface area contributed by atoms with Crippen LogP contribution in [-0.2, 0) is 24.2 Å². The number of aromatic carboxylic acids is 1. The zero-order valence-electron chi connectivity index (χ0n) is 20.3. The largest absolute Gasteiger partial charge is 0.487 e. The number of ether oxygens (including phenoxy) is 1. The third kappa shape index (κ3) is 6.84. The third-order valence-corrected chi connectivity index (χ3v) is 7.40. The van der Waals surface area contributed by atoms with E-state index in [9.17, 15) is 9.59 Å². The number of carbonyl (C=O) groups is 2. The van der Waals surface area contributed by atoms with E-state index in [1.165, 1.54) is 17.3 Å². The highest BCUT2D eigenvalue weighted by molar-refractivity contribution is 9.10. The van der Waals surface area contributed by atoms with Gasteiger partial charge in [-0.15, -0.1) is 6.58 Å². The van der Waals surface area contributed by atoms with Crippen molar-refractivity contribution in [1.29, 1.82) is 0 Å². The Morgan fingerprint density at radius 1 is 1.16 bits per heavy atom. The van der Waals surface area contributed by atoms with Crippen molar-refractivity contribution in [2.24, 2.45) is 0 Å². The number of carbonyl (C=O) groups excluding carboxylic acids is 1. The second-order valence-corrected chi connectivity index (χ2v) is 10.5. The number of aryl methyl sites for hydroxylation is 1. The number of carboxylic acid groups (broad SMARTS) is 1. The second-order valence-electron chi connectivity index (χ2n) is 8.45. The summed E-state index contributed by atoms with van der Waals surface area (Å²) in [6.07, 6.45) is 5.23. The molecule has 8 heteroatoms. The molecule has 3 N–H and O–H groups in total. The number of allylic oxidation sites excluding steroid dienone is 1. The number of carboxylic acids is 1. The van der Waals surface area contributed by atoms with Gasteiger partial charge in [-0.3, -0.25) is 4.79 Å². The summed E-state index contributed by atoms with van der Waals surface area (Å²) in [6.45, 7) is 6.26. The van der Waals surface area contributed by atoms with Crippen LogP contribution in [0.25, 0.3) is 6.08 Å². The highest BCUT2D eigenvalue weighted by Gasteiger charge is 2.27. The van der Waals surface area contributed by atoms with Crippen LogP contribution in [0.3, 0.4) is 0 Å². The SMILES string of the molecule is C=CCc1cc(/C=C2\S[C@H](Nc3ccc(CC)cc3)NC2=O)cc(Br)c1OCc1ccc(C(=O)O)cc1. The van der Waals surface area contributed by atoms with Gasteiger partial charge in [-0.1, -0.05) is 49.0 Å². The molecule has 0 spiro atoms. The van der Waals surface area contributed by atoms with Crippen LogP contribution in [0, 0.1) is 0 Å². The van der Waals surface area contributed by atoms with Gasteiger partial charge in [0, 0.05) is 5.69 Å². The Morgan fingerprint density at radius 3 is 2.51 bits per heavy atom. The standard InChI is InChI=1S/C29H27BrN2O4S/c1-3-5-22-14-20(15-24(30)26(22)36-17-19-6-10-21(11-7-19)28(34)35)16-25-27(33)32-29(37-25)31-23-12-8-18(4-2)9-13-23/h3,6-16,29,31H,1,4-5,17H2,2H3,(H,32,33)(H,34,35)/b25-16-/t29-/m1/s1. The van der Waals surface area contributed by atoms with E-state index in [1.807, 2.05) is 30.3 Å². The summed E-state index contributed by atoms with van der Waals surface area (Å²) in [5.74, 6) is -0.405. The fourth-order valence-electron chi connectivity index (χ4n) is 3.83. The van der Waals surface area contributed by atoms with Crippen molar-refractivity contribution >= 4 is 51.3 Å². The first-order chi connectivity index (χ1) is 17.9. The number of thioether (sulfide) groups is 1.